The Bertz CT molecular complexity index is 674. The van der Waals surface area contributed by atoms with Crippen LogP contribution in [0, 0.1) is 0 Å². The second-order valence-electron chi connectivity index (χ2n) is 5.54. The van der Waals surface area contributed by atoms with Crippen LogP contribution in [0.3, 0.4) is 0 Å². The summed E-state index contributed by atoms with van der Waals surface area (Å²) in [6, 6.07) is 2.64. The first-order chi connectivity index (χ1) is 9.50. The van der Waals surface area contributed by atoms with Crippen molar-refractivity contribution in [2.75, 3.05) is 0 Å². The van der Waals surface area contributed by atoms with Gasteiger partial charge in [0, 0.05) is 11.6 Å². The van der Waals surface area contributed by atoms with Crippen LogP contribution < -0.4 is 0 Å². The number of pyridine rings is 1. The minimum Gasteiger partial charge on any atom is -0.235 e. The third kappa shape index (κ3) is 3.40. The largest absolute Gasteiger partial charge is 0.417 e. The van der Waals surface area contributed by atoms with Gasteiger partial charge in [0.15, 0.2) is 5.82 Å². The number of alkyl halides is 3. The fourth-order valence-electron chi connectivity index (χ4n) is 1.79. The van der Waals surface area contributed by atoms with Gasteiger partial charge >= 0.3 is 6.18 Å². The van der Waals surface area contributed by atoms with Crippen molar-refractivity contribution >= 4 is 27.5 Å². The molecule has 8 heteroatoms. The summed E-state index contributed by atoms with van der Waals surface area (Å²) >= 11 is 9.22. The van der Waals surface area contributed by atoms with Gasteiger partial charge in [0.1, 0.15) is 4.60 Å². The number of halogens is 5. The van der Waals surface area contributed by atoms with E-state index in [2.05, 4.69) is 26.0 Å². The van der Waals surface area contributed by atoms with Crippen molar-refractivity contribution in [1.29, 1.82) is 0 Å². The standard InChI is InChI=1S/C13H12BrClF3N3/c1-12(2,3)9-5-10(14)20-21(9)11-8(15)4-7(6-19-11)13(16,17)18/h4-6H,1-3H3. The van der Waals surface area contributed by atoms with Gasteiger partial charge < -0.3 is 0 Å². The normalized spacial score (nSPS) is 12.8. The second kappa shape index (κ2) is 5.28. The van der Waals surface area contributed by atoms with Gasteiger partial charge in [-0.2, -0.15) is 18.3 Å². The molecule has 2 rings (SSSR count). The minimum absolute atomic E-state index is 0.106. The van der Waals surface area contributed by atoms with Crippen LogP contribution in [0.15, 0.2) is 22.9 Å². The molecule has 114 valence electrons. The Morgan fingerprint density at radius 3 is 2.29 bits per heavy atom. The average molecular weight is 383 g/mol. The average Bonchev–Trinajstić information content (AvgIpc) is 2.69. The van der Waals surface area contributed by atoms with Crippen molar-refractivity contribution in [1.82, 2.24) is 14.8 Å². The molecule has 21 heavy (non-hydrogen) atoms. The first-order valence-corrected chi connectivity index (χ1v) is 7.16. The molecule has 0 unspecified atom stereocenters. The molecule has 2 aromatic rings. The number of aromatic nitrogens is 3. The molecule has 2 aromatic heterocycles. The molecule has 0 saturated heterocycles. The molecule has 0 amide bonds. The lowest BCUT2D eigenvalue weighted by Crippen LogP contribution is -2.18. The highest BCUT2D eigenvalue weighted by Crippen LogP contribution is 2.34. The highest BCUT2D eigenvalue weighted by molar-refractivity contribution is 9.10. The molecule has 0 aliphatic heterocycles. The number of rotatable bonds is 1. The Labute approximate surface area is 133 Å². The molecule has 0 fully saturated rings. The molecule has 0 aromatic carbocycles. The van der Waals surface area contributed by atoms with E-state index in [1.54, 1.807) is 6.07 Å². The van der Waals surface area contributed by atoms with E-state index in [0.717, 1.165) is 18.0 Å². The molecular weight excluding hydrogens is 371 g/mol. The Hall–Kier alpha value is -1.08. The lowest BCUT2D eigenvalue weighted by Gasteiger charge is -2.20. The van der Waals surface area contributed by atoms with Gasteiger partial charge in [0.2, 0.25) is 0 Å². The monoisotopic (exact) mass is 381 g/mol. The summed E-state index contributed by atoms with van der Waals surface area (Å²) in [5.41, 5.74) is -0.379. The molecule has 0 bridgehead atoms. The van der Waals surface area contributed by atoms with Crippen LogP contribution in [-0.2, 0) is 11.6 Å². The highest BCUT2D eigenvalue weighted by Gasteiger charge is 2.32. The Balaban J connectivity index is 2.59. The van der Waals surface area contributed by atoms with Crippen molar-refractivity contribution < 1.29 is 13.2 Å². The van der Waals surface area contributed by atoms with Gasteiger partial charge in [-0.05, 0) is 28.1 Å². The quantitative estimate of drug-likeness (QED) is 0.695. The summed E-state index contributed by atoms with van der Waals surface area (Å²) in [5, 5.41) is 4.10. The zero-order valence-corrected chi connectivity index (χ0v) is 13.8. The van der Waals surface area contributed by atoms with Crippen molar-refractivity contribution in [3.8, 4) is 5.82 Å². The van der Waals surface area contributed by atoms with E-state index in [-0.39, 0.29) is 16.3 Å². The van der Waals surface area contributed by atoms with Gasteiger partial charge in [-0.1, -0.05) is 32.4 Å². The second-order valence-corrected chi connectivity index (χ2v) is 6.76. The Morgan fingerprint density at radius 2 is 1.81 bits per heavy atom. The number of hydrogen-bond acceptors (Lipinski definition) is 2. The molecule has 0 radical (unpaired) electrons. The summed E-state index contributed by atoms with van der Waals surface area (Å²) in [7, 11) is 0. The topological polar surface area (TPSA) is 30.7 Å². The zero-order valence-electron chi connectivity index (χ0n) is 11.5. The fourth-order valence-corrected chi connectivity index (χ4v) is 2.41. The van der Waals surface area contributed by atoms with Gasteiger partial charge in [-0.25, -0.2) is 9.67 Å². The van der Waals surface area contributed by atoms with Crippen LogP contribution >= 0.6 is 27.5 Å². The van der Waals surface area contributed by atoms with E-state index in [9.17, 15) is 13.2 Å². The third-order valence-electron chi connectivity index (χ3n) is 2.80. The molecule has 0 aliphatic rings. The first kappa shape index (κ1) is 16.3. The van der Waals surface area contributed by atoms with E-state index in [0.29, 0.717) is 4.60 Å². The number of hydrogen-bond donors (Lipinski definition) is 0. The molecule has 0 aliphatic carbocycles. The molecule has 3 nitrogen and oxygen atoms in total. The highest BCUT2D eigenvalue weighted by atomic mass is 79.9. The van der Waals surface area contributed by atoms with Gasteiger partial charge in [0.05, 0.1) is 16.3 Å². The lowest BCUT2D eigenvalue weighted by atomic mass is 9.92. The van der Waals surface area contributed by atoms with Gasteiger partial charge in [0.25, 0.3) is 0 Å². The van der Waals surface area contributed by atoms with E-state index in [1.165, 1.54) is 4.68 Å². The maximum atomic E-state index is 12.6. The molecule has 0 atom stereocenters. The predicted octanol–water partition coefficient (Wildman–Crippen LogP) is 5.00. The molecule has 2 heterocycles. The van der Waals surface area contributed by atoms with Gasteiger partial charge in [-0.3, -0.25) is 0 Å². The van der Waals surface area contributed by atoms with Crippen LogP contribution in [-0.4, -0.2) is 14.8 Å². The van der Waals surface area contributed by atoms with Crippen molar-refractivity contribution in [3.63, 3.8) is 0 Å². The van der Waals surface area contributed by atoms with Crippen molar-refractivity contribution in [2.24, 2.45) is 0 Å². The zero-order chi connectivity index (χ0) is 16.0. The SMILES string of the molecule is CC(C)(C)c1cc(Br)nn1-c1ncc(C(F)(F)F)cc1Cl. The van der Waals surface area contributed by atoms with Crippen LogP contribution in [0.4, 0.5) is 13.2 Å². The molecular formula is C13H12BrClF3N3. The fraction of sp³-hybridized carbons (Fsp3) is 0.385. The summed E-state index contributed by atoms with van der Waals surface area (Å²) in [6.07, 6.45) is -3.73. The number of nitrogens with zero attached hydrogens (tertiary/aromatic N) is 3. The smallest absolute Gasteiger partial charge is 0.235 e. The molecule has 0 spiro atoms. The van der Waals surface area contributed by atoms with Crippen LogP contribution in [0.1, 0.15) is 32.0 Å². The molecule has 0 N–H and O–H groups in total. The van der Waals surface area contributed by atoms with Crippen LogP contribution in [0.25, 0.3) is 5.82 Å². The Morgan fingerprint density at radius 1 is 1.19 bits per heavy atom. The Kier molecular flexibility index (Phi) is 4.10. The first-order valence-electron chi connectivity index (χ1n) is 5.99. The van der Waals surface area contributed by atoms with E-state index < -0.39 is 11.7 Å². The molecule has 0 saturated carbocycles. The van der Waals surface area contributed by atoms with Crippen LogP contribution in [0.2, 0.25) is 5.02 Å². The van der Waals surface area contributed by atoms with Crippen molar-refractivity contribution in [2.45, 2.75) is 32.4 Å². The summed E-state index contributed by atoms with van der Waals surface area (Å²) < 4.78 is 39.9. The predicted molar refractivity (Wildman–Crippen MR) is 77.8 cm³/mol. The maximum absolute atomic E-state index is 12.6. The lowest BCUT2D eigenvalue weighted by molar-refractivity contribution is -0.137. The minimum atomic E-state index is -4.48. The summed E-state index contributed by atoms with van der Waals surface area (Å²) in [4.78, 5) is 3.83. The van der Waals surface area contributed by atoms with Crippen LogP contribution in [0.5, 0.6) is 0 Å². The van der Waals surface area contributed by atoms with E-state index >= 15 is 0 Å². The van der Waals surface area contributed by atoms with Gasteiger partial charge in [-0.15, -0.1) is 0 Å². The maximum Gasteiger partial charge on any atom is 0.417 e. The summed E-state index contributed by atoms with van der Waals surface area (Å²) in [6.45, 7) is 5.89. The van der Waals surface area contributed by atoms with E-state index in [4.69, 9.17) is 11.6 Å². The van der Waals surface area contributed by atoms with Crippen molar-refractivity contribution in [3.05, 3.63) is 39.2 Å². The van der Waals surface area contributed by atoms with E-state index in [1.807, 2.05) is 20.8 Å². The summed E-state index contributed by atoms with van der Waals surface area (Å²) in [5.74, 6) is 0.167. The third-order valence-corrected chi connectivity index (χ3v) is 3.46.